The van der Waals surface area contributed by atoms with Gasteiger partial charge in [0, 0.05) is 24.4 Å². The average Bonchev–Trinajstić information content (AvgIpc) is 2.78. The lowest BCUT2D eigenvalue weighted by molar-refractivity contribution is 0.0142. The van der Waals surface area contributed by atoms with Crippen LogP contribution >= 0.6 is 11.3 Å². The van der Waals surface area contributed by atoms with Gasteiger partial charge in [-0.2, -0.15) is 0 Å². The van der Waals surface area contributed by atoms with E-state index in [4.69, 9.17) is 4.74 Å². The molecule has 1 aliphatic rings. The van der Waals surface area contributed by atoms with E-state index in [1.165, 1.54) is 11.3 Å². The minimum absolute atomic E-state index is 0.125. The Labute approximate surface area is 117 Å². The van der Waals surface area contributed by atoms with Crippen molar-refractivity contribution in [2.45, 2.75) is 38.2 Å². The van der Waals surface area contributed by atoms with Crippen LogP contribution in [-0.4, -0.2) is 44.2 Å². The zero-order chi connectivity index (χ0) is 13.7. The Bertz CT molecular complexity index is 375. The summed E-state index contributed by atoms with van der Waals surface area (Å²) >= 11 is 1.42. The molecule has 2 heterocycles. The third-order valence-electron chi connectivity index (χ3n) is 3.47. The van der Waals surface area contributed by atoms with Gasteiger partial charge in [0.15, 0.2) is 0 Å². The van der Waals surface area contributed by atoms with Crippen molar-refractivity contribution in [1.29, 1.82) is 0 Å². The lowest BCUT2D eigenvalue weighted by atomic mass is 10.1. The van der Waals surface area contributed by atoms with Gasteiger partial charge < -0.3 is 9.64 Å². The average molecular weight is 289 g/mol. The first kappa shape index (κ1) is 14.9. The van der Waals surface area contributed by atoms with Crippen molar-refractivity contribution in [2.24, 2.45) is 0 Å². The van der Waals surface area contributed by atoms with E-state index in [1.807, 2.05) is 11.4 Å². The van der Waals surface area contributed by atoms with Crippen LogP contribution in [-0.2, 0) is 17.6 Å². The summed E-state index contributed by atoms with van der Waals surface area (Å²) in [6, 6.07) is 1.88. The van der Waals surface area contributed by atoms with Gasteiger partial charge in [0.25, 0.3) is 0 Å². The molecule has 1 saturated heterocycles. The second-order valence-electron chi connectivity index (χ2n) is 5.14. The molecular weight excluding hydrogens is 268 g/mol. The largest absolute Gasteiger partial charge is 0.378 e. The van der Waals surface area contributed by atoms with Gasteiger partial charge in [-0.3, -0.25) is 0 Å². The van der Waals surface area contributed by atoms with Crippen LogP contribution in [0, 0.1) is 0 Å². The number of hydrogen-bond acceptors (Lipinski definition) is 3. The van der Waals surface area contributed by atoms with E-state index in [1.54, 1.807) is 0 Å². The highest BCUT2D eigenvalue weighted by atomic mass is 32.1. The molecule has 0 bridgehead atoms. The predicted octanol–water partition coefficient (Wildman–Crippen LogP) is 3.21. The van der Waals surface area contributed by atoms with Crippen LogP contribution in [0.3, 0.4) is 0 Å². The maximum absolute atomic E-state index is 12.2. The van der Waals surface area contributed by atoms with Crippen LogP contribution in [0.2, 0.25) is 0 Å². The summed E-state index contributed by atoms with van der Waals surface area (Å²) in [6.45, 7) is 2.89. The van der Waals surface area contributed by atoms with Crippen molar-refractivity contribution in [3.8, 4) is 0 Å². The summed E-state index contributed by atoms with van der Waals surface area (Å²) in [5.74, 6) is 0. The van der Waals surface area contributed by atoms with E-state index < -0.39 is 6.43 Å². The molecule has 1 aromatic rings. The van der Waals surface area contributed by atoms with Crippen LogP contribution in [0.5, 0.6) is 0 Å². The highest BCUT2D eigenvalue weighted by Crippen LogP contribution is 2.19. The first-order valence-electron chi connectivity index (χ1n) is 6.78. The van der Waals surface area contributed by atoms with Crippen molar-refractivity contribution < 1.29 is 13.5 Å². The molecule has 0 aromatic carbocycles. The number of nitrogens with zero attached hydrogens (tertiary/aromatic N) is 1. The monoisotopic (exact) mass is 289 g/mol. The topological polar surface area (TPSA) is 12.5 Å². The minimum Gasteiger partial charge on any atom is -0.378 e. The van der Waals surface area contributed by atoms with E-state index in [-0.39, 0.29) is 6.42 Å². The molecule has 0 saturated carbocycles. The van der Waals surface area contributed by atoms with E-state index in [9.17, 15) is 8.78 Å². The second kappa shape index (κ2) is 7.31. The van der Waals surface area contributed by atoms with Crippen molar-refractivity contribution in [3.63, 3.8) is 0 Å². The highest BCUT2D eigenvalue weighted by Gasteiger charge is 2.16. The molecule has 108 valence electrons. The summed E-state index contributed by atoms with van der Waals surface area (Å²) in [6.07, 6.45) is 1.01. The fourth-order valence-corrected chi connectivity index (χ4v) is 3.24. The normalized spacial score (nSPS) is 18.3. The molecule has 0 unspecified atom stereocenters. The number of alkyl halides is 2. The minimum atomic E-state index is -2.25. The van der Waals surface area contributed by atoms with Crippen molar-refractivity contribution in [3.05, 3.63) is 21.9 Å². The molecule has 5 heteroatoms. The molecule has 1 aromatic heterocycles. The van der Waals surface area contributed by atoms with Crippen molar-refractivity contribution in [1.82, 2.24) is 4.90 Å². The van der Waals surface area contributed by atoms with Crippen LogP contribution in [0.1, 0.15) is 23.3 Å². The van der Waals surface area contributed by atoms with Gasteiger partial charge in [-0.05, 0) is 43.3 Å². The van der Waals surface area contributed by atoms with Gasteiger partial charge in [0.05, 0.1) is 12.7 Å². The zero-order valence-electron chi connectivity index (χ0n) is 11.3. The maximum Gasteiger partial charge on any atom is 0.243 e. The fourth-order valence-electron chi connectivity index (χ4n) is 2.31. The Balaban J connectivity index is 1.66. The van der Waals surface area contributed by atoms with E-state index in [2.05, 4.69) is 11.9 Å². The Hall–Kier alpha value is -0.520. The standard InChI is InChI=1S/C14H21F2NOS/c1-17-5-2-12(3-6-17)18-7-4-11-8-13(19-10-11)9-14(15)16/h8,10,12,14H,2-7,9H2,1H3. The molecule has 0 N–H and O–H groups in total. The Morgan fingerprint density at radius 3 is 2.84 bits per heavy atom. The van der Waals surface area contributed by atoms with Crippen molar-refractivity contribution in [2.75, 3.05) is 26.7 Å². The molecule has 2 rings (SSSR count). The number of thiophene rings is 1. The third kappa shape index (κ3) is 5.16. The fraction of sp³-hybridized carbons (Fsp3) is 0.714. The number of halogens is 2. The van der Waals surface area contributed by atoms with Crippen molar-refractivity contribution >= 4 is 11.3 Å². The molecular formula is C14H21F2NOS. The molecule has 0 aliphatic carbocycles. The lowest BCUT2D eigenvalue weighted by Gasteiger charge is -2.28. The summed E-state index contributed by atoms with van der Waals surface area (Å²) < 4.78 is 30.3. The quantitative estimate of drug-likeness (QED) is 0.797. The highest BCUT2D eigenvalue weighted by molar-refractivity contribution is 7.10. The molecule has 0 radical (unpaired) electrons. The summed E-state index contributed by atoms with van der Waals surface area (Å²) in [5, 5.41) is 1.97. The molecule has 19 heavy (non-hydrogen) atoms. The Morgan fingerprint density at radius 2 is 2.16 bits per heavy atom. The van der Waals surface area contributed by atoms with E-state index >= 15 is 0 Å². The van der Waals surface area contributed by atoms with Gasteiger partial charge in [0.1, 0.15) is 0 Å². The van der Waals surface area contributed by atoms with Crippen LogP contribution in [0.25, 0.3) is 0 Å². The van der Waals surface area contributed by atoms with Crippen LogP contribution in [0.4, 0.5) is 8.78 Å². The van der Waals surface area contributed by atoms with Gasteiger partial charge in [-0.1, -0.05) is 0 Å². The zero-order valence-corrected chi connectivity index (χ0v) is 12.1. The summed E-state index contributed by atoms with van der Waals surface area (Å²) in [5.41, 5.74) is 1.12. The molecule has 1 fully saturated rings. The van der Waals surface area contributed by atoms with Crippen LogP contribution in [0.15, 0.2) is 11.4 Å². The number of piperidine rings is 1. The van der Waals surface area contributed by atoms with Gasteiger partial charge >= 0.3 is 0 Å². The molecule has 0 spiro atoms. The summed E-state index contributed by atoms with van der Waals surface area (Å²) in [7, 11) is 2.13. The van der Waals surface area contributed by atoms with Gasteiger partial charge in [-0.25, -0.2) is 8.78 Å². The SMILES string of the molecule is CN1CCC(OCCc2csc(CC(F)F)c2)CC1. The number of ether oxygens (including phenoxy) is 1. The lowest BCUT2D eigenvalue weighted by Crippen LogP contribution is -2.34. The summed E-state index contributed by atoms with van der Waals surface area (Å²) in [4.78, 5) is 3.08. The van der Waals surface area contributed by atoms with Gasteiger partial charge in [-0.15, -0.1) is 11.3 Å². The number of rotatable bonds is 6. The Morgan fingerprint density at radius 1 is 1.42 bits per heavy atom. The predicted molar refractivity (Wildman–Crippen MR) is 74.2 cm³/mol. The Kier molecular flexibility index (Phi) is 5.73. The molecule has 1 aliphatic heterocycles. The molecule has 0 amide bonds. The maximum atomic E-state index is 12.2. The first-order chi connectivity index (χ1) is 9.13. The number of hydrogen-bond donors (Lipinski definition) is 0. The smallest absolute Gasteiger partial charge is 0.243 e. The van der Waals surface area contributed by atoms with E-state index in [0.29, 0.717) is 12.7 Å². The number of likely N-dealkylation sites (tertiary alicyclic amines) is 1. The van der Waals surface area contributed by atoms with E-state index in [0.717, 1.165) is 42.8 Å². The first-order valence-corrected chi connectivity index (χ1v) is 7.66. The van der Waals surface area contributed by atoms with Crippen LogP contribution < -0.4 is 0 Å². The molecule has 2 nitrogen and oxygen atoms in total. The van der Waals surface area contributed by atoms with Gasteiger partial charge in [0.2, 0.25) is 6.43 Å². The third-order valence-corrected chi connectivity index (χ3v) is 4.48. The second-order valence-corrected chi connectivity index (χ2v) is 6.14. The molecule has 0 atom stereocenters.